The van der Waals surface area contributed by atoms with Gasteiger partial charge in [-0.05, 0) is 50.1 Å². The van der Waals surface area contributed by atoms with Crippen LogP contribution in [-0.2, 0) is 6.42 Å². The molecule has 0 spiro atoms. The number of aryl methyl sites for hydroxylation is 2. The smallest absolute Gasteiger partial charge is 0.161 e. The second kappa shape index (κ2) is 11.0. The Balaban J connectivity index is 0.00000168. The molecule has 9 nitrogen and oxygen atoms in total. The highest BCUT2D eigenvalue weighted by Crippen LogP contribution is 2.53. The Morgan fingerprint density at radius 1 is 0.868 bits per heavy atom. The number of nitrogens with zero attached hydrogens (tertiary/aromatic N) is 6. The molecule has 1 N–H and O–H groups in total. The van der Waals surface area contributed by atoms with Gasteiger partial charge >= 0.3 is 0 Å². The summed E-state index contributed by atoms with van der Waals surface area (Å²) in [6, 6.07) is 16.0. The van der Waals surface area contributed by atoms with Crippen molar-refractivity contribution >= 4 is 38.0 Å². The molecule has 3 aromatic heterocycles. The molecule has 0 amide bonds. The van der Waals surface area contributed by atoms with Crippen molar-refractivity contribution in [3.8, 4) is 17.3 Å². The van der Waals surface area contributed by atoms with Gasteiger partial charge in [-0.2, -0.15) is 31.7 Å². The van der Waals surface area contributed by atoms with E-state index < -0.39 is 0 Å². The molecule has 1 saturated carbocycles. The summed E-state index contributed by atoms with van der Waals surface area (Å²) in [7, 11) is 3.27. The minimum Gasteiger partial charge on any atom is -0.493 e. The number of methoxy groups -OCH3 is 2. The Hall–Kier alpha value is -3.57. The molecule has 198 valence electrons. The Labute approximate surface area is 235 Å². The predicted octanol–water partition coefficient (Wildman–Crippen LogP) is 4.66. The van der Waals surface area contributed by atoms with Crippen LogP contribution < -0.4 is 9.47 Å². The standard InChI is InChI=1S/C27H27N7O2.2H2S/c1-15-28-22(18-13-19(18)27-31-20-7-5-6-8-21(20)32-27)14-26(29-15)34-25(30-16(2)33-34)12-17-9-10-23(35-3)24(11-17)36-4;;/h5-11,14,18-19H,12-13H2,1-4H3,(H,31,32);2*1H2/t18-,19-;;/m0../s1. The fraction of sp³-hybridized carbons (Fsp3) is 0.296. The Morgan fingerprint density at radius 2 is 1.66 bits per heavy atom. The summed E-state index contributed by atoms with van der Waals surface area (Å²) in [5.41, 5.74) is 4.11. The Bertz CT molecular complexity index is 1550. The number of hydrogen-bond acceptors (Lipinski definition) is 7. The second-order valence-corrected chi connectivity index (χ2v) is 9.14. The number of para-hydroxylation sites is 2. The number of H-pyrrole nitrogens is 1. The third-order valence-electron chi connectivity index (χ3n) is 6.58. The first-order chi connectivity index (χ1) is 17.5. The SMILES string of the molecule is COc1ccc(Cc2nc(C)nn2-c2cc([C@H]3C[C@@H]3c3nc4ccccc4[nH]3)nc(C)n2)cc1OC.S.S. The summed E-state index contributed by atoms with van der Waals surface area (Å²) in [6.45, 7) is 3.81. The number of rotatable bonds is 7. The lowest BCUT2D eigenvalue weighted by molar-refractivity contribution is 0.354. The average molecular weight is 550 g/mol. The van der Waals surface area contributed by atoms with E-state index in [1.807, 2.05) is 61.0 Å². The zero-order valence-electron chi connectivity index (χ0n) is 21.7. The number of benzene rings is 2. The van der Waals surface area contributed by atoms with Crippen molar-refractivity contribution in [3.63, 3.8) is 0 Å². The van der Waals surface area contributed by atoms with Crippen LogP contribution >= 0.6 is 27.0 Å². The van der Waals surface area contributed by atoms with Crippen molar-refractivity contribution in [2.45, 2.75) is 38.5 Å². The molecule has 6 rings (SSSR count). The molecule has 0 unspecified atom stereocenters. The topological polar surface area (TPSA) is 104 Å². The van der Waals surface area contributed by atoms with Gasteiger partial charge in [0, 0.05) is 24.3 Å². The van der Waals surface area contributed by atoms with Crippen molar-refractivity contribution in [1.82, 2.24) is 34.7 Å². The summed E-state index contributed by atoms with van der Waals surface area (Å²) in [6.07, 6.45) is 1.58. The quantitative estimate of drug-likeness (QED) is 0.315. The van der Waals surface area contributed by atoms with E-state index in [4.69, 9.17) is 29.4 Å². The molecular formula is C27H31N7O2S2. The molecule has 0 aliphatic heterocycles. The third kappa shape index (κ3) is 5.21. The van der Waals surface area contributed by atoms with E-state index in [0.29, 0.717) is 41.4 Å². The van der Waals surface area contributed by atoms with Crippen LogP contribution in [0.2, 0.25) is 0 Å². The molecule has 0 radical (unpaired) electrons. The minimum absolute atomic E-state index is 0. The van der Waals surface area contributed by atoms with Crippen LogP contribution in [0.15, 0.2) is 48.5 Å². The monoisotopic (exact) mass is 549 g/mol. The molecule has 38 heavy (non-hydrogen) atoms. The summed E-state index contributed by atoms with van der Waals surface area (Å²) in [5.74, 6) is 5.94. The van der Waals surface area contributed by atoms with E-state index in [1.165, 1.54) is 0 Å². The van der Waals surface area contributed by atoms with Gasteiger partial charge in [0.2, 0.25) is 0 Å². The van der Waals surface area contributed by atoms with Gasteiger partial charge in [0.05, 0.1) is 30.9 Å². The molecule has 11 heteroatoms. The van der Waals surface area contributed by atoms with Crippen LogP contribution in [0, 0.1) is 13.8 Å². The average Bonchev–Trinajstić information content (AvgIpc) is 3.43. The molecule has 0 saturated heterocycles. The number of nitrogens with one attached hydrogen (secondary N) is 1. The van der Waals surface area contributed by atoms with E-state index in [9.17, 15) is 0 Å². The number of aromatic amines is 1. The molecule has 2 aromatic carbocycles. The summed E-state index contributed by atoms with van der Waals surface area (Å²) in [5, 5.41) is 4.66. The third-order valence-corrected chi connectivity index (χ3v) is 6.58. The highest BCUT2D eigenvalue weighted by molar-refractivity contribution is 7.59. The molecule has 5 aromatic rings. The zero-order valence-corrected chi connectivity index (χ0v) is 23.7. The molecule has 1 aliphatic carbocycles. The highest BCUT2D eigenvalue weighted by Gasteiger charge is 2.43. The molecule has 2 atom stereocenters. The first-order valence-electron chi connectivity index (χ1n) is 12.0. The fourth-order valence-electron chi connectivity index (χ4n) is 4.78. The van der Waals surface area contributed by atoms with Gasteiger partial charge in [0.25, 0.3) is 0 Å². The lowest BCUT2D eigenvalue weighted by Gasteiger charge is -2.11. The molecule has 3 heterocycles. The Morgan fingerprint density at radius 3 is 2.42 bits per heavy atom. The van der Waals surface area contributed by atoms with Gasteiger partial charge in [-0.1, -0.05) is 18.2 Å². The van der Waals surface area contributed by atoms with E-state index >= 15 is 0 Å². The van der Waals surface area contributed by atoms with Crippen molar-refractivity contribution in [3.05, 3.63) is 83.1 Å². The van der Waals surface area contributed by atoms with E-state index in [1.54, 1.807) is 14.2 Å². The first kappa shape index (κ1) is 27.5. The van der Waals surface area contributed by atoms with E-state index in [2.05, 4.69) is 16.1 Å². The number of ether oxygens (including phenoxy) is 2. The maximum Gasteiger partial charge on any atom is 0.161 e. The zero-order chi connectivity index (χ0) is 24.8. The van der Waals surface area contributed by atoms with E-state index in [-0.39, 0.29) is 27.0 Å². The largest absolute Gasteiger partial charge is 0.493 e. The van der Waals surface area contributed by atoms with Crippen LogP contribution in [-0.4, -0.2) is 48.9 Å². The van der Waals surface area contributed by atoms with Crippen molar-refractivity contribution in [1.29, 1.82) is 0 Å². The molecule has 1 fully saturated rings. The summed E-state index contributed by atoms with van der Waals surface area (Å²) < 4.78 is 12.7. The van der Waals surface area contributed by atoms with E-state index in [0.717, 1.165) is 46.2 Å². The van der Waals surface area contributed by atoms with Gasteiger partial charge in [-0.15, -0.1) is 5.10 Å². The molecular weight excluding hydrogens is 518 g/mol. The Kier molecular flexibility index (Phi) is 7.98. The van der Waals surface area contributed by atoms with Crippen LogP contribution in [0.3, 0.4) is 0 Å². The van der Waals surface area contributed by atoms with Crippen LogP contribution in [0.1, 0.15) is 52.8 Å². The number of imidazole rings is 1. The molecule has 0 bridgehead atoms. The van der Waals surface area contributed by atoms with Crippen molar-refractivity contribution < 1.29 is 9.47 Å². The fourth-order valence-corrected chi connectivity index (χ4v) is 4.78. The predicted molar refractivity (Wildman–Crippen MR) is 156 cm³/mol. The van der Waals surface area contributed by atoms with Gasteiger partial charge in [-0.25, -0.2) is 19.9 Å². The summed E-state index contributed by atoms with van der Waals surface area (Å²) in [4.78, 5) is 22.4. The van der Waals surface area contributed by atoms with Gasteiger partial charge in [0.1, 0.15) is 23.3 Å². The van der Waals surface area contributed by atoms with Crippen molar-refractivity contribution in [2.24, 2.45) is 0 Å². The van der Waals surface area contributed by atoms with Crippen LogP contribution in [0.4, 0.5) is 0 Å². The lowest BCUT2D eigenvalue weighted by atomic mass is 10.1. The first-order valence-corrected chi connectivity index (χ1v) is 12.0. The van der Waals surface area contributed by atoms with Gasteiger partial charge in [0.15, 0.2) is 17.3 Å². The highest BCUT2D eigenvalue weighted by atomic mass is 32.1. The normalized spacial score (nSPS) is 16.0. The van der Waals surface area contributed by atoms with Gasteiger partial charge in [-0.3, -0.25) is 0 Å². The number of aromatic nitrogens is 7. The van der Waals surface area contributed by atoms with Crippen LogP contribution in [0.25, 0.3) is 16.9 Å². The number of hydrogen-bond donors (Lipinski definition) is 1. The maximum absolute atomic E-state index is 5.47. The lowest BCUT2D eigenvalue weighted by Crippen LogP contribution is -2.09. The van der Waals surface area contributed by atoms with Crippen LogP contribution in [0.5, 0.6) is 11.5 Å². The maximum atomic E-state index is 5.47. The van der Waals surface area contributed by atoms with Gasteiger partial charge < -0.3 is 14.5 Å². The molecule has 1 aliphatic rings. The van der Waals surface area contributed by atoms with Crippen molar-refractivity contribution in [2.75, 3.05) is 14.2 Å². The summed E-state index contributed by atoms with van der Waals surface area (Å²) >= 11 is 0. The minimum atomic E-state index is 0. The number of fused-ring (bicyclic) bond motifs is 1. The second-order valence-electron chi connectivity index (χ2n) is 9.14.